The van der Waals surface area contributed by atoms with E-state index in [4.69, 9.17) is 14.5 Å². The normalized spacial score (nSPS) is 18.4. The van der Waals surface area contributed by atoms with Crippen molar-refractivity contribution in [1.29, 1.82) is 0 Å². The van der Waals surface area contributed by atoms with Crippen LogP contribution in [0.15, 0.2) is 30.5 Å². The number of esters is 1. The Kier molecular flexibility index (Phi) is 6.23. The average molecular weight is 410 g/mol. The number of amides is 1. The van der Waals surface area contributed by atoms with E-state index in [0.29, 0.717) is 37.5 Å². The van der Waals surface area contributed by atoms with E-state index in [-0.39, 0.29) is 17.8 Å². The number of carbonyl (C=O) groups is 2. The topological polar surface area (TPSA) is 93.6 Å². The van der Waals surface area contributed by atoms with E-state index in [0.717, 1.165) is 43.1 Å². The molecule has 30 heavy (non-hydrogen) atoms. The summed E-state index contributed by atoms with van der Waals surface area (Å²) in [5.41, 5.74) is 3.21. The van der Waals surface area contributed by atoms with Crippen molar-refractivity contribution in [2.75, 3.05) is 43.1 Å². The fourth-order valence-electron chi connectivity index (χ4n) is 3.78. The molecule has 1 aliphatic heterocycles. The third kappa shape index (κ3) is 4.59. The molecule has 0 spiro atoms. The van der Waals surface area contributed by atoms with E-state index >= 15 is 0 Å². The summed E-state index contributed by atoms with van der Waals surface area (Å²) in [4.78, 5) is 35.9. The molecule has 2 aromatic rings. The number of carbonyl (C=O) groups excluding carboxylic acids is 2. The van der Waals surface area contributed by atoms with E-state index in [1.54, 1.807) is 31.2 Å². The second-order valence-corrected chi connectivity index (χ2v) is 7.47. The van der Waals surface area contributed by atoms with Crippen molar-refractivity contribution >= 4 is 23.5 Å². The minimum atomic E-state index is -0.365. The van der Waals surface area contributed by atoms with Crippen LogP contribution in [0.2, 0.25) is 0 Å². The van der Waals surface area contributed by atoms with Gasteiger partial charge < -0.3 is 19.7 Å². The fraction of sp³-hybridized carbons (Fsp3) is 0.455. The van der Waals surface area contributed by atoms with Gasteiger partial charge in [-0.3, -0.25) is 4.79 Å². The second kappa shape index (κ2) is 9.21. The Balaban J connectivity index is 1.37. The van der Waals surface area contributed by atoms with E-state index in [1.807, 2.05) is 6.20 Å². The zero-order chi connectivity index (χ0) is 20.9. The number of benzene rings is 1. The van der Waals surface area contributed by atoms with Gasteiger partial charge in [0.25, 0.3) is 0 Å². The predicted molar refractivity (Wildman–Crippen MR) is 112 cm³/mol. The summed E-state index contributed by atoms with van der Waals surface area (Å²) in [5, 5.41) is 2.95. The molecule has 2 heterocycles. The number of nitrogens with zero attached hydrogens (tertiary/aromatic N) is 3. The molecular weight excluding hydrogens is 384 g/mol. The summed E-state index contributed by atoms with van der Waals surface area (Å²) in [7, 11) is 0. The Morgan fingerprint density at radius 3 is 2.73 bits per heavy atom. The van der Waals surface area contributed by atoms with Crippen LogP contribution in [-0.2, 0) is 27.1 Å². The Labute approximate surface area is 175 Å². The zero-order valence-corrected chi connectivity index (χ0v) is 17.1. The molecule has 1 unspecified atom stereocenters. The van der Waals surface area contributed by atoms with E-state index < -0.39 is 0 Å². The summed E-state index contributed by atoms with van der Waals surface area (Å²) in [6.07, 6.45) is 4.00. The van der Waals surface area contributed by atoms with Gasteiger partial charge >= 0.3 is 5.97 Å². The third-order valence-corrected chi connectivity index (χ3v) is 5.47. The lowest BCUT2D eigenvalue weighted by atomic mass is 9.86. The standard InChI is InChI=1S/C22H26N4O4/c1-2-30-21(28)15-3-6-18(7-4-15)24-20(27)16-5-8-19-17(13-16)14-23-22(25-19)26-9-11-29-12-10-26/h3-4,6-7,14,16H,2,5,8-13H2,1H3,(H,24,27). The number of hydrogen-bond acceptors (Lipinski definition) is 7. The van der Waals surface area contributed by atoms with Gasteiger partial charge in [0.15, 0.2) is 0 Å². The maximum absolute atomic E-state index is 12.7. The lowest BCUT2D eigenvalue weighted by molar-refractivity contribution is -0.120. The molecule has 1 saturated heterocycles. The molecule has 8 heteroatoms. The first-order valence-electron chi connectivity index (χ1n) is 10.4. The lowest BCUT2D eigenvalue weighted by Crippen LogP contribution is -2.38. The molecule has 4 rings (SSSR count). The van der Waals surface area contributed by atoms with E-state index in [2.05, 4.69) is 15.2 Å². The number of ether oxygens (including phenoxy) is 2. The molecule has 158 valence electrons. The summed E-state index contributed by atoms with van der Waals surface area (Å²) in [5.74, 6) is 0.235. The molecule has 1 aliphatic carbocycles. The number of aromatic nitrogens is 2. The minimum Gasteiger partial charge on any atom is -0.462 e. The largest absolute Gasteiger partial charge is 0.462 e. The highest BCUT2D eigenvalue weighted by molar-refractivity contribution is 5.94. The maximum Gasteiger partial charge on any atom is 0.338 e. The molecule has 1 aromatic heterocycles. The number of morpholine rings is 1. The van der Waals surface area contributed by atoms with Crippen molar-refractivity contribution < 1.29 is 19.1 Å². The Bertz CT molecular complexity index is 910. The van der Waals surface area contributed by atoms with Crippen LogP contribution in [0.5, 0.6) is 0 Å². The molecular formula is C22H26N4O4. The quantitative estimate of drug-likeness (QED) is 0.756. The molecule has 1 atom stereocenters. The van der Waals surface area contributed by atoms with Gasteiger partial charge in [0.05, 0.1) is 25.4 Å². The molecule has 2 aliphatic rings. The van der Waals surface area contributed by atoms with Gasteiger partial charge in [-0.25, -0.2) is 14.8 Å². The number of aryl methyl sites for hydroxylation is 1. The van der Waals surface area contributed by atoms with Gasteiger partial charge in [-0.15, -0.1) is 0 Å². The first-order valence-corrected chi connectivity index (χ1v) is 10.4. The van der Waals surface area contributed by atoms with Crippen molar-refractivity contribution in [1.82, 2.24) is 9.97 Å². The van der Waals surface area contributed by atoms with Crippen molar-refractivity contribution in [2.24, 2.45) is 5.92 Å². The summed E-state index contributed by atoms with van der Waals surface area (Å²) in [6, 6.07) is 6.76. The summed E-state index contributed by atoms with van der Waals surface area (Å²) in [6.45, 7) is 5.10. The molecule has 0 bridgehead atoms. The van der Waals surface area contributed by atoms with Gasteiger partial charge in [0.2, 0.25) is 11.9 Å². The van der Waals surface area contributed by atoms with Crippen molar-refractivity contribution in [3.63, 3.8) is 0 Å². The van der Waals surface area contributed by atoms with Crippen LogP contribution >= 0.6 is 0 Å². The van der Waals surface area contributed by atoms with Gasteiger partial charge in [0, 0.05) is 36.6 Å². The van der Waals surface area contributed by atoms with E-state index in [9.17, 15) is 9.59 Å². The molecule has 0 saturated carbocycles. The predicted octanol–water partition coefficient (Wildman–Crippen LogP) is 2.23. The molecule has 1 aromatic carbocycles. The number of rotatable bonds is 5. The van der Waals surface area contributed by atoms with Crippen LogP contribution < -0.4 is 10.2 Å². The Hall–Kier alpha value is -3.00. The zero-order valence-electron chi connectivity index (χ0n) is 17.1. The average Bonchev–Trinajstić information content (AvgIpc) is 2.79. The summed E-state index contributed by atoms with van der Waals surface area (Å²) < 4.78 is 10.4. The monoisotopic (exact) mass is 410 g/mol. The molecule has 1 fully saturated rings. The lowest BCUT2D eigenvalue weighted by Gasteiger charge is -2.28. The molecule has 1 amide bonds. The maximum atomic E-state index is 12.7. The number of hydrogen-bond donors (Lipinski definition) is 1. The van der Waals surface area contributed by atoms with Crippen LogP contribution in [0.4, 0.5) is 11.6 Å². The van der Waals surface area contributed by atoms with Gasteiger partial charge in [-0.1, -0.05) is 0 Å². The van der Waals surface area contributed by atoms with E-state index in [1.165, 1.54) is 0 Å². The van der Waals surface area contributed by atoms with Crippen LogP contribution in [0.25, 0.3) is 0 Å². The number of fused-ring (bicyclic) bond motifs is 1. The first kappa shape index (κ1) is 20.3. The highest BCUT2D eigenvalue weighted by atomic mass is 16.5. The van der Waals surface area contributed by atoms with Gasteiger partial charge in [-0.2, -0.15) is 0 Å². The van der Waals surface area contributed by atoms with Crippen LogP contribution in [-0.4, -0.2) is 54.8 Å². The van der Waals surface area contributed by atoms with Gasteiger partial charge in [-0.05, 0) is 56.0 Å². The van der Waals surface area contributed by atoms with Crippen LogP contribution in [0.1, 0.15) is 35.0 Å². The number of anilines is 2. The first-order chi connectivity index (χ1) is 14.6. The SMILES string of the molecule is CCOC(=O)c1ccc(NC(=O)C2CCc3nc(N4CCOCC4)ncc3C2)cc1. The minimum absolute atomic E-state index is 0.0261. The molecule has 0 radical (unpaired) electrons. The summed E-state index contributed by atoms with van der Waals surface area (Å²) >= 11 is 0. The van der Waals surface area contributed by atoms with Gasteiger partial charge in [0.1, 0.15) is 0 Å². The Morgan fingerprint density at radius 1 is 1.23 bits per heavy atom. The highest BCUT2D eigenvalue weighted by Gasteiger charge is 2.27. The number of nitrogens with one attached hydrogen (secondary N) is 1. The smallest absolute Gasteiger partial charge is 0.338 e. The van der Waals surface area contributed by atoms with Crippen molar-refractivity contribution in [3.05, 3.63) is 47.3 Å². The Morgan fingerprint density at radius 2 is 2.00 bits per heavy atom. The molecule has 1 N–H and O–H groups in total. The highest BCUT2D eigenvalue weighted by Crippen LogP contribution is 2.26. The third-order valence-electron chi connectivity index (χ3n) is 5.47. The van der Waals surface area contributed by atoms with Crippen LogP contribution in [0, 0.1) is 5.92 Å². The van der Waals surface area contributed by atoms with Crippen LogP contribution in [0.3, 0.4) is 0 Å². The van der Waals surface area contributed by atoms with Crippen molar-refractivity contribution in [2.45, 2.75) is 26.2 Å². The van der Waals surface area contributed by atoms with Crippen molar-refractivity contribution in [3.8, 4) is 0 Å². The second-order valence-electron chi connectivity index (χ2n) is 7.47. The fourth-order valence-corrected chi connectivity index (χ4v) is 3.78. The molecule has 8 nitrogen and oxygen atoms in total.